The Balaban J connectivity index is 2.89. The van der Waals surface area contributed by atoms with Gasteiger partial charge in [-0.3, -0.25) is 0 Å². The van der Waals surface area contributed by atoms with Crippen LogP contribution in [0.2, 0.25) is 5.02 Å². The molecule has 0 saturated carbocycles. The van der Waals surface area contributed by atoms with E-state index < -0.39 is 0 Å². The highest BCUT2D eigenvalue weighted by Gasteiger charge is 2.12. The lowest BCUT2D eigenvalue weighted by Crippen LogP contribution is -2.32. The van der Waals surface area contributed by atoms with E-state index in [1.54, 1.807) is 0 Å². The maximum absolute atomic E-state index is 6.20. The Labute approximate surface area is 121 Å². The summed E-state index contributed by atoms with van der Waals surface area (Å²) in [4.78, 5) is 6.87. The van der Waals surface area contributed by atoms with Gasteiger partial charge in [-0.2, -0.15) is 0 Å². The summed E-state index contributed by atoms with van der Waals surface area (Å²) < 4.78 is 0. The van der Waals surface area contributed by atoms with Gasteiger partial charge in [0.15, 0.2) is 0 Å². The number of hydrogen-bond acceptors (Lipinski definition) is 3. The van der Waals surface area contributed by atoms with Crippen LogP contribution in [0.4, 0.5) is 5.82 Å². The van der Waals surface area contributed by atoms with Crippen LogP contribution in [0.15, 0.2) is 24.8 Å². The van der Waals surface area contributed by atoms with Crippen molar-refractivity contribution in [2.45, 2.75) is 39.8 Å². The van der Waals surface area contributed by atoms with Crippen LogP contribution in [0, 0.1) is 0 Å². The lowest BCUT2D eigenvalue weighted by molar-refractivity contribution is 0.658. The van der Waals surface area contributed by atoms with Crippen molar-refractivity contribution in [3.05, 3.63) is 35.5 Å². The number of anilines is 1. The molecule has 1 aromatic heterocycles. The number of halogens is 1. The molecule has 1 heterocycles. The standard InChI is InChI=1S/C15H24ClN3/c1-5-9-17-11-14-13(16)7-8-15(18-14)19(10-6-2)12(3)4/h6-8,12,17H,2,5,9-11H2,1,3-4H3. The van der Waals surface area contributed by atoms with Crippen molar-refractivity contribution < 1.29 is 0 Å². The number of pyridine rings is 1. The average Bonchev–Trinajstić information content (AvgIpc) is 2.38. The smallest absolute Gasteiger partial charge is 0.129 e. The van der Waals surface area contributed by atoms with Gasteiger partial charge in [-0.25, -0.2) is 4.98 Å². The van der Waals surface area contributed by atoms with E-state index in [-0.39, 0.29) is 0 Å². The maximum Gasteiger partial charge on any atom is 0.129 e. The predicted octanol–water partition coefficient (Wildman–Crippen LogP) is 3.64. The monoisotopic (exact) mass is 281 g/mol. The molecule has 0 saturated heterocycles. The van der Waals surface area contributed by atoms with Crippen LogP contribution < -0.4 is 10.2 Å². The summed E-state index contributed by atoms with van der Waals surface area (Å²) in [5.74, 6) is 0.951. The highest BCUT2D eigenvalue weighted by Crippen LogP contribution is 2.20. The molecule has 0 spiro atoms. The highest BCUT2D eigenvalue weighted by molar-refractivity contribution is 6.31. The molecule has 1 rings (SSSR count). The van der Waals surface area contributed by atoms with Crippen molar-refractivity contribution in [2.24, 2.45) is 0 Å². The molecule has 106 valence electrons. The van der Waals surface area contributed by atoms with E-state index in [1.807, 2.05) is 18.2 Å². The van der Waals surface area contributed by atoms with E-state index in [0.717, 1.165) is 36.0 Å². The summed E-state index contributed by atoms with van der Waals surface area (Å²) in [6.07, 6.45) is 3.00. The maximum atomic E-state index is 6.20. The molecule has 0 aliphatic carbocycles. The first-order valence-electron chi connectivity index (χ1n) is 6.83. The van der Waals surface area contributed by atoms with Crippen LogP contribution in [0.1, 0.15) is 32.9 Å². The molecule has 1 N–H and O–H groups in total. The van der Waals surface area contributed by atoms with Gasteiger partial charge in [0.05, 0.1) is 10.7 Å². The molecule has 0 aliphatic heterocycles. The third-order valence-electron chi connectivity index (χ3n) is 2.87. The Morgan fingerprint density at radius 2 is 2.21 bits per heavy atom. The van der Waals surface area contributed by atoms with Crippen LogP contribution in [-0.2, 0) is 6.54 Å². The van der Waals surface area contributed by atoms with Gasteiger partial charge in [0.25, 0.3) is 0 Å². The summed E-state index contributed by atoms with van der Waals surface area (Å²) in [5, 5.41) is 4.05. The summed E-state index contributed by atoms with van der Waals surface area (Å²) in [6.45, 7) is 12.7. The zero-order valence-corrected chi connectivity index (χ0v) is 12.9. The first-order valence-corrected chi connectivity index (χ1v) is 7.21. The fourth-order valence-electron chi connectivity index (χ4n) is 1.85. The zero-order chi connectivity index (χ0) is 14.3. The van der Waals surface area contributed by atoms with E-state index in [2.05, 4.69) is 42.6 Å². The van der Waals surface area contributed by atoms with Crippen molar-refractivity contribution in [1.29, 1.82) is 0 Å². The number of hydrogen-bond donors (Lipinski definition) is 1. The van der Waals surface area contributed by atoms with E-state index >= 15 is 0 Å². The Morgan fingerprint density at radius 1 is 1.47 bits per heavy atom. The average molecular weight is 282 g/mol. The quantitative estimate of drug-likeness (QED) is 0.582. The van der Waals surface area contributed by atoms with Gasteiger partial charge in [-0.15, -0.1) is 6.58 Å². The van der Waals surface area contributed by atoms with Crippen LogP contribution in [0.3, 0.4) is 0 Å². The van der Waals surface area contributed by atoms with Crippen LogP contribution in [0.25, 0.3) is 0 Å². The second-order valence-corrected chi connectivity index (χ2v) is 5.22. The van der Waals surface area contributed by atoms with Gasteiger partial charge < -0.3 is 10.2 Å². The van der Waals surface area contributed by atoms with Crippen molar-refractivity contribution in [3.63, 3.8) is 0 Å². The van der Waals surface area contributed by atoms with E-state index in [0.29, 0.717) is 12.6 Å². The molecule has 3 nitrogen and oxygen atoms in total. The molecule has 0 amide bonds. The Bertz CT molecular complexity index is 404. The summed E-state index contributed by atoms with van der Waals surface area (Å²) in [5.41, 5.74) is 0.905. The fourth-order valence-corrected chi connectivity index (χ4v) is 2.02. The van der Waals surface area contributed by atoms with E-state index in [4.69, 9.17) is 11.6 Å². The van der Waals surface area contributed by atoms with E-state index in [1.165, 1.54) is 0 Å². The summed E-state index contributed by atoms with van der Waals surface area (Å²) in [7, 11) is 0. The van der Waals surface area contributed by atoms with Gasteiger partial charge in [-0.1, -0.05) is 24.6 Å². The summed E-state index contributed by atoms with van der Waals surface area (Å²) >= 11 is 6.20. The molecule has 19 heavy (non-hydrogen) atoms. The first-order chi connectivity index (χ1) is 9.10. The molecule has 0 aromatic carbocycles. The second-order valence-electron chi connectivity index (χ2n) is 4.81. The number of nitrogens with one attached hydrogen (secondary N) is 1. The number of aromatic nitrogens is 1. The molecule has 4 heteroatoms. The normalized spacial score (nSPS) is 10.8. The lowest BCUT2D eigenvalue weighted by atomic mass is 10.2. The minimum atomic E-state index is 0.378. The molecule has 0 bridgehead atoms. The third kappa shape index (κ3) is 4.84. The molecule has 0 fully saturated rings. The van der Waals surface area contributed by atoms with Crippen molar-refractivity contribution in [2.75, 3.05) is 18.0 Å². The summed E-state index contributed by atoms with van der Waals surface area (Å²) in [6, 6.07) is 4.27. The molecule has 0 aliphatic rings. The fraction of sp³-hybridized carbons (Fsp3) is 0.533. The minimum absolute atomic E-state index is 0.378. The van der Waals surface area contributed by atoms with Crippen molar-refractivity contribution >= 4 is 17.4 Å². The van der Waals surface area contributed by atoms with Gasteiger partial charge in [0, 0.05) is 19.1 Å². The SMILES string of the molecule is C=CCN(c1ccc(Cl)c(CNCCC)n1)C(C)C. The van der Waals surface area contributed by atoms with Gasteiger partial charge in [0.1, 0.15) is 5.82 Å². The molecule has 1 aromatic rings. The van der Waals surface area contributed by atoms with Gasteiger partial charge in [-0.05, 0) is 38.9 Å². The Morgan fingerprint density at radius 3 is 2.79 bits per heavy atom. The van der Waals surface area contributed by atoms with E-state index in [9.17, 15) is 0 Å². The largest absolute Gasteiger partial charge is 0.350 e. The van der Waals surface area contributed by atoms with Gasteiger partial charge in [0.2, 0.25) is 0 Å². The Kier molecular flexibility index (Phi) is 6.89. The molecular formula is C15H24ClN3. The van der Waals surface area contributed by atoms with Crippen molar-refractivity contribution in [3.8, 4) is 0 Å². The second kappa shape index (κ2) is 8.18. The topological polar surface area (TPSA) is 28.2 Å². The zero-order valence-electron chi connectivity index (χ0n) is 12.1. The van der Waals surface area contributed by atoms with Crippen LogP contribution in [0.5, 0.6) is 0 Å². The third-order valence-corrected chi connectivity index (χ3v) is 3.21. The molecule has 0 atom stereocenters. The predicted molar refractivity (Wildman–Crippen MR) is 83.9 cm³/mol. The lowest BCUT2D eigenvalue weighted by Gasteiger charge is -2.27. The Hall–Kier alpha value is -1.06. The van der Waals surface area contributed by atoms with Crippen molar-refractivity contribution in [1.82, 2.24) is 10.3 Å². The molecular weight excluding hydrogens is 258 g/mol. The van der Waals surface area contributed by atoms with Crippen LogP contribution in [-0.4, -0.2) is 24.1 Å². The molecule has 0 radical (unpaired) electrons. The van der Waals surface area contributed by atoms with Gasteiger partial charge >= 0.3 is 0 Å². The number of rotatable bonds is 8. The number of nitrogens with zero attached hydrogens (tertiary/aromatic N) is 2. The molecule has 0 unspecified atom stereocenters. The first kappa shape index (κ1) is 16.0. The highest BCUT2D eigenvalue weighted by atomic mass is 35.5. The van der Waals surface area contributed by atoms with Crippen LogP contribution >= 0.6 is 11.6 Å². The minimum Gasteiger partial charge on any atom is -0.350 e.